The number of rotatable bonds is 3. The van der Waals surface area contributed by atoms with E-state index < -0.39 is 0 Å². The van der Waals surface area contributed by atoms with Crippen LogP contribution >= 0.6 is 11.8 Å². The minimum atomic E-state index is 0.787. The third kappa shape index (κ3) is 2.24. The molecule has 2 aromatic heterocycles. The summed E-state index contributed by atoms with van der Waals surface area (Å²) in [4.78, 5) is 8.17. The zero-order chi connectivity index (χ0) is 10.7. The maximum absolute atomic E-state index is 4.13. The lowest BCUT2D eigenvalue weighted by molar-refractivity contribution is 0.787. The molecule has 0 saturated carbocycles. The average Bonchev–Trinajstić information content (AvgIpc) is 2.65. The predicted octanol–water partition coefficient (Wildman–Crippen LogP) is 0.798. The summed E-state index contributed by atoms with van der Waals surface area (Å²) in [5.74, 6) is 0.787. The molecular weight excluding hydrogens is 212 g/mol. The normalized spacial score (nSPS) is 10.3. The number of anilines is 1. The van der Waals surface area contributed by atoms with E-state index in [-0.39, 0.29) is 0 Å². The molecule has 2 aromatic rings. The molecule has 2 rings (SSSR count). The highest BCUT2D eigenvalue weighted by molar-refractivity contribution is 7.99. The molecule has 15 heavy (non-hydrogen) atoms. The van der Waals surface area contributed by atoms with Gasteiger partial charge in [0.05, 0.1) is 0 Å². The van der Waals surface area contributed by atoms with Crippen LogP contribution in [0.3, 0.4) is 0 Å². The lowest BCUT2D eigenvalue weighted by atomic mass is 10.6. The van der Waals surface area contributed by atoms with Gasteiger partial charge < -0.3 is 9.88 Å². The van der Waals surface area contributed by atoms with E-state index in [1.807, 2.05) is 24.7 Å². The Morgan fingerprint density at radius 2 is 2.27 bits per heavy atom. The van der Waals surface area contributed by atoms with E-state index in [0.29, 0.717) is 0 Å². The van der Waals surface area contributed by atoms with Crippen LogP contribution in [0.15, 0.2) is 28.9 Å². The van der Waals surface area contributed by atoms with Gasteiger partial charge in [-0.05, 0) is 11.8 Å². The van der Waals surface area contributed by atoms with E-state index in [9.17, 15) is 0 Å². The second-order valence-corrected chi connectivity index (χ2v) is 3.81. The van der Waals surface area contributed by atoms with Gasteiger partial charge in [-0.1, -0.05) is 0 Å². The van der Waals surface area contributed by atoms with Crippen molar-refractivity contribution < 1.29 is 0 Å². The summed E-state index contributed by atoms with van der Waals surface area (Å²) in [5, 5.41) is 12.3. The fourth-order valence-corrected chi connectivity index (χ4v) is 1.73. The van der Waals surface area contributed by atoms with Gasteiger partial charge in [-0.2, -0.15) is 0 Å². The summed E-state index contributed by atoms with van der Waals surface area (Å²) in [5.41, 5.74) is 0. The third-order valence-electron chi connectivity index (χ3n) is 1.76. The van der Waals surface area contributed by atoms with Gasteiger partial charge >= 0.3 is 0 Å². The van der Waals surface area contributed by atoms with E-state index in [2.05, 4.69) is 25.5 Å². The first-order valence-electron chi connectivity index (χ1n) is 4.31. The molecule has 0 aliphatic heterocycles. The molecular formula is C8H10N6S. The quantitative estimate of drug-likeness (QED) is 0.775. The first-order valence-corrected chi connectivity index (χ1v) is 5.13. The van der Waals surface area contributed by atoms with Gasteiger partial charge in [0.1, 0.15) is 23.5 Å². The van der Waals surface area contributed by atoms with Gasteiger partial charge in [0.15, 0.2) is 5.16 Å². The zero-order valence-corrected chi connectivity index (χ0v) is 9.19. The first kappa shape index (κ1) is 9.91. The Labute approximate surface area is 91.2 Å². The molecule has 0 radical (unpaired) electrons. The standard InChI is InChI=1S/C8H10N6S/c1-9-6-3-7(11-4-10-6)15-8-13-12-5-14(8)2/h3-5H,1-2H3,(H,9,10,11). The van der Waals surface area contributed by atoms with E-state index in [4.69, 9.17) is 0 Å². The Bertz CT molecular complexity index is 454. The van der Waals surface area contributed by atoms with Crippen molar-refractivity contribution in [1.82, 2.24) is 24.7 Å². The van der Waals surface area contributed by atoms with E-state index in [1.54, 1.807) is 6.33 Å². The van der Waals surface area contributed by atoms with Crippen molar-refractivity contribution >= 4 is 17.6 Å². The molecule has 0 aromatic carbocycles. The molecule has 7 heteroatoms. The Morgan fingerprint density at radius 3 is 2.93 bits per heavy atom. The van der Waals surface area contributed by atoms with Crippen molar-refractivity contribution in [2.24, 2.45) is 7.05 Å². The third-order valence-corrected chi connectivity index (χ3v) is 2.75. The Kier molecular flexibility index (Phi) is 2.82. The molecule has 0 fully saturated rings. The lowest BCUT2D eigenvalue weighted by Gasteiger charge is -2.01. The number of nitrogens with one attached hydrogen (secondary N) is 1. The van der Waals surface area contributed by atoms with Crippen LogP contribution in [0.4, 0.5) is 5.82 Å². The first-order chi connectivity index (χ1) is 7.29. The van der Waals surface area contributed by atoms with Crippen LogP contribution in [-0.2, 0) is 7.05 Å². The second kappa shape index (κ2) is 4.26. The van der Waals surface area contributed by atoms with Crippen LogP contribution in [0, 0.1) is 0 Å². The monoisotopic (exact) mass is 222 g/mol. The highest BCUT2D eigenvalue weighted by Crippen LogP contribution is 2.23. The molecule has 2 heterocycles. The van der Waals surface area contributed by atoms with Gasteiger partial charge in [-0.15, -0.1) is 10.2 Å². The summed E-state index contributed by atoms with van der Waals surface area (Å²) in [6.45, 7) is 0. The molecule has 1 N–H and O–H groups in total. The summed E-state index contributed by atoms with van der Waals surface area (Å²) in [7, 11) is 3.71. The summed E-state index contributed by atoms with van der Waals surface area (Å²) in [6.07, 6.45) is 3.17. The number of aromatic nitrogens is 5. The van der Waals surface area contributed by atoms with Crippen LogP contribution < -0.4 is 5.32 Å². The Morgan fingerprint density at radius 1 is 1.40 bits per heavy atom. The molecule has 0 spiro atoms. The number of nitrogens with zero attached hydrogens (tertiary/aromatic N) is 5. The number of hydrogen-bond donors (Lipinski definition) is 1. The minimum absolute atomic E-state index is 0.787. The van der Waals surface area contributed by atoms with Crippen LogP contribution in [0.2, 0.25) is 0 Å². The van der Waals surface area contributed by atoms with Crippen molar-refractivity contribution in [2.75, 3.05) is 12.4 Å². The Balaban J connectivity index is 2.21. The maximum atomic E-state index is 4.13. The zero-order valence-electron chi connectivity index (χ0n) is 8.38. The SMILES string of the molecule is CNc1cc(Sc2nncn2C)ncn1. The second-order valence-electron chi connectivity index (χ2n) is 2.82. The lowest BCUT2D eigenvalue weighted by Crippen LogP contribution is -1.94. The van der Waals surface area contributed by atoms with Crippen molar-refractivity contribution in [3.05, 3.63) is 18.7 Å². The van der Waals surface area contributed by atoms with Crippen LogP contribution in [0.25, 0.3) is 0 Å². The van der Waals surface area contributed by atoms with Crippen LogP contribution in [0.1, 0.15) is 0 Å². The maximum Gasteiger partial charge on any atom is 0.197 e. The number of hydrogen-bond acceptors (Lipinski definition) is 6. The molecule has 0 bridgehead atoms. The number of aryl methyl sites for hydroxylation is 1. The van der Waals surface area contributed by atoms with E-state index in [1.165, 1.54) is 18.1 Å². The van der Waals surface area contributed by atoms with Gasteiger partial charge in [0, 0.05) is 20.2 Å². The van der Waals surface area contributed by atoms with Crippen LogP contribution in [-0.4, -0.2) is 31.8 Å². The average molecular weight is 222 g/mol. The highest BCUT2D eigenvalue weighted by atomic mass is 32.2. The van der Waals surface area contributed by atoms with Gasteiger partial charge in [-0.25, -0.2) is 9.97 Å². The van der Waals surface area contributed by atoms with Gasteiger partial charge in [0.2, 0.25) is 0 Å². The molecule has 0 unspecified atom stereocenters. The molecule has 0 saturated heterocycles. The Hall–Kier alpha value is -1.63. The molecule has 0 amide bonds. The largest absolute Gasteiger partial charge is 0.373 e. The van der Waals surface area contributed by atoms with Crippen molar-refractivity contribution in [1.29, 1.82) is 0 Å². The van der Waals surface area contributed by atoms with Crippen molar-refractivity contribution in [3.63, 3.8) is 0 Å². The van der Waals surface area contributed by atoms with Gasteiger partial charge in [-0.3, -0.25) is 0 Å². The van der Waals surface area contributed by atoms with Gasteiger partial charge in [0.25, 0.3) is 0 Å². The smallest absolute Gasteiger partial charge is 0.197 e. The topological polar surface area (TPSA) is 68.5 Å². The van der Waals surface area contributed by atoms with Crippen molar-refractivity contribution in [2.45, 2.75) is 10.2 Å². The van der Waals surface area contributed by atoms with Crippen molar-refractivity contribution in [3.8, 4) is 0 Å². The molecule has 6 nitrogen and oxygen atoms in total. The van der Waals surface area contributed by atoms with E-state index in [0.717, 1.165) is 16.0 Å². The molecule has 0 aliphatic carbocycles. The highest BCUT2D eigenvalue weighted by Gasteiger charge is 2.05. The van der Waals surface area contributed by atoms with E-state index >= 15 is 0 Å². The fraction of sp³-hybridized carbons (Fsp3) is 0.250. The van der Waals surface area contributed by atoms with Crippen LogP contribution in [0.5, 0.6) is 0 Å². The summed E-state index contributed by atoms with van der Waals surface area (Å²) in [6, 6.07) is 1.86. The summed E-state index contributed by atoms with van der Waals surface area (Å²) < 4.78 is 1.84. The molecule has 0 atom stereocenters. The fourth-order valence-electron chi connectivity index (χ4n) is 0.991. The predicted molar refractivity (Wildman–Crippen MR) is 56.7 cm³/mol. The summed E-state index contributed by atoms with van der Waals surface area (Å²) >= 11 is 1.45. The molecule has 78 valence electrons. The minimum Gasteiger partial charge on any atom is -0.373 e. The molecule has 0 aliphatic rings.